The van der Waals surface area contributed by atoms with Crippen molar-refractivity contribution >= 4 is 27.3 Å². The number of aromatic nitrogens is 1. The van der Waals surface area contributed by atoms with Crippen LogP contribution in [0.2, 0.25) is 0 Å². The first-order valence-corrected chi connectivity index (χ1v) is 9.10. The lowest BCUT2D eigenvalue weighted by Crippen LogP contribution is -2.31. The van der Waals surface area contributed by atoms with Gasteiger partial charge in [0.05, 0.1) is 0 Å². The van der Waals surface area contributed by atoms with E-state index in [1.165, 1.54) is 28.8 Å². The summed E-state index contributed by atoms with van der Waals surface area (Å²) in [5.74, 6) is -1.85. The summed E-state index contributed by atoms with van der Waals surface area (Å²) in [5, 5.41) is 1.98. The Hall–Kier alpha value is -1.84. The molecule has 0 saturated heterocycles. The predicted molar refractivity (Wildman–Crippen MR) is 83.2 cm³/mol. The molecule has 0 spiro atoms. The number of carbonyl (C=O) groups is 1. The number of carbonyl (C=O) groups excluding carboxylic acids is 1. The number of hydrogen-bond donors (Lipinski definition) is 1. The Labute approximate surface area is 137 Å². The topological polar surface area (TPSA) is 85.4 Å². The molecule has 1 heterocycles. The van der Waals surface area contributed by atoms with Gasteiger partial charge < -0.3 is 4.74 Å². The second-order valence-corrected chi connectivity index (χ2v) is 7.07. The number of amides is 1. The van der Waals surface area contributed by atoms with Crippen LogP contribution in [0.15, 0.2) is 34.5 Å². The number of ether oxygens (including phenoxy) is 1. The number of thiazole rings is 1. The zero-order valence-corrected chi connectivity index (χ0v) is 14.1. The van der Waals surface area contributed by atoms with E-state index in [1.54, 1.807) is 6.92 Å². The molecule has 0 radical (unpaired) electrons. The van der Waals surface area contributed by atoms with Gasteiger partial charge in [-0.25, -0.2) is 22.5 Å². The van der Waals surface area contributed by atoms with E-state index in [2.05, 4.69) is 4.98 Å². The first-order valence-electron chi connectivity index (χ1n) is 6.74. The van der Waals surface area contributed by atoms with Crippen molar-refractivity contribution in [2.75, 3.05) is 6.61 Å². The van der Waals surface area contributed by atoms with Gasteiger partial charge in [-0.1, -0.05) is 12.1 Å². The summed E-state index contributed by atoms with van der Waals surface area (Å²) in [7, 11) is -4.30. The lowest BCUT2D eigenvalue weighted by molar-refractivity contribution is 0.0760. The smallest absolute Gasteiger partial charge is 0.284 e. The third-order valence-corrected chi connectivity index (χ3v) is 5.24. The van der Waals surface area contributed by atoms with Crippen molar-refractivity contribution in [3.63, 3.8) is 0 Å². The average Bonchev–Trinajstić information content (AvgIpc) is 2.97. The van der Waals surface area contributed by atoms with E-state index in [0.29, 0.717) is 11.6 Å². The highest BCUT2D eigenvalue weighted by Crippen LogP contribution is 2.21. The third-order valence-electron chi connectivity index (χ3n) is 2.87. The van der Waals surface area contributed by atoms with Crippen LogP contribution in [0.3, 0.4) is 0 Å². The van der Waals surface area contributed by atoms with Crippen LogP contribution in [0, 0.1) is 5.82 Å². The molecule has 124 valence electrons. The van der Waals surface area contributed by atoms with E-state index in [-0.39, 0.29) is 11.8 Å². The molecule has 9 heteroatoms. The highest BCUT2D eigenvalue weighted by atomic mass is 32.2. The summed E-state index contributed by atoms with van der Waals surface area (Å²) >= 11 is 1.19. The van der Waals surface area contributed by atoms with Crippen LogP contribution >= 0.6 is 11.3 Å². The zero-order valence-electron chi connectivity index (χ0n) is 12.4. The van der Waals surface area contributed by atoms with Gasteiger partial charge in [0.15, 0.2) is 0 Å². The van der Waals surface area contributed by atoms with Gasteiger partial charge in [0.2, 0.25) is 0 Å². The number of hydrogen-bond acceptors (Lipinski definition) is 6. The van der Waals surface area contributed by atoms with E-state index in [9.17, 15) is 17.6 Å². The van der Waals surface area contributed by atoms with Crippen molar-refractivity contribution in [2.45, 2.75) is 24.8 Å². The van der Waals surface area contributed by atoms with Gasteiger partial charge in [-0.15, -0.1) is 11.3 Å². The van der Waals surface area contributed by atoms with Crippen LogP contribution in [0.5, 0.6) is 0 Å². The van der Waals surface area contributed by atoms with Gasteiger partial charge in [0.1, 0.15) is 27.5 Å². The molecule has 6 nitrogen and oxygen atoms in total. The number of sulfonamides is 1. The van der Waals surface area contributed by atoms with E-state index >= 15 is 0 Å². The number of benzene rings is 1. The Kier molecular flexibility index (Phi) is 5.45. The monoisotopic (exact) mass is 358 g/mol. The van der Waals surface area contributed by atoms with Gasteiger partial charge in [0.25, 0.3) is 15.9 Å². The van der Waals surface area contributed by atoms with Gasteiger partial charge in [-0.2, -0.15) is 0 Å². The predicted octanol–water partition coefficient (Wildman–Crippen LogP) is 2.50. The largest absolute Gasteiger partial charge is 0.372 e. The van der Waals surface area contributed by atoms with E-state index in [1.807, 2.05) is 11.6 Å². The SMILES string of the molecule is CCO[C@H](C)c1nc(C(=O)NS(=O)(=O)c2ccccc2F)cs1. The molecule has 0 aliphatic rings. The molecule has 1 N–H and O–H groups in total. The maximum absolute atomic E-state index is 13.6. The van der Waals surface area contributed by atoms with E-state index < -0.39 is 26.6 Å². The standard InChI is InChI=1S/C14H15FN2O4S2/c1-3-21-9(2)14-16-11(8-22-14)13(18)17-23(19,20)12-7-5-4-6-10(12)15/h4-9H,3H2,1-2H3,(H,17,18)/t9-/m1/s1. The van der Waals surface area contributed by atoms with Crippen LogP contribution in [0.1, 0.15) is 35.4 Å². The number of nitrogens with one attached hydrogen (secondary N) is 1. The lowest BCUT2D eigenvalue weighted by Gasteiger charge is -2.07. The fourth-order valence-electron chi connectivity index (χ4n) is 1.79. The number of halogens is 1. The molecule has 2 rings (SSSR count). The summed E-state index contributed by atoms with van der Waals surface area (Å²) in [4.78, 5) is 15.5. The van der Waals surface area contributed by atoms with Gasteiger partial charge >= 0.3 is 0 Å². The molecule has 1 aromatic heterocycles. The Morgan fingerprint density at radius 2 is 2.13 bits per heavy atom. The average molecular weight is 358 g/mol. The summed E-state index contributed by atoms with van der Waals surface area (Å²) in [6.45, 7) is 4.10. The van der Waals surface area contributed by atoms with Gasteiger partial charge in [-0.05, 0) is 26.0 Å². The van der Waals surface area contributed by atoms with Crippen LogP contribution in [-0.2, 0) is 14.8 Å². The molecular formula is C14H15FN2O4S2. The summed E-state index contributed by atoms with van der Waals surface area (Å²) in [6.07, 6.45) is -0.297. The molecule has 1 atom stereocenters. The van der Waals surface area contributed by atoms with Crippen LogP contribution in [0.25, 0.3) is 0 Å². The highest BCUT2D eigenvalue weighted by Gasteiger charge is 2.24. The summed E-state index contributed by atoms with van der Waals surface area (Å²) in [6, 6.07) is 4.81. The molecule has 0 aliphatic heterocycles. The minimum absolute atomic E-state index is 0.0588. The van der Waals surface area contributed by atoms with Crippen molar-refractivity contribution in [2.24, 2.45) is 0 Å². The quantitative estimate of drug-likeness (QED) is 0.857. The maximum Gasteiger partial charge on any atom is 0.284 e. The first kappa shape index (κ1) is 17.5. The van der Waals surface area contributed by atoms with Crippen molar-refractivity contribution in [1.82, 2.24) is 9.71 Å². The third kappa shape index (κ3) is 4.12. The molecule has 23 heavy (non-hydrogen) atoms. The molecule has 0 saturated carbocycles. The molecule has 0 bridgehead atoms. The fourth-order valence-corrected chi connectivity index (χ4v) is 3.64. The molecular weight excluding hydrogens is 343 g/mol. The maximum atomic E-state index is 13.6. The first-order chi connectivity index (χ1) is 10.8. The summed E-state index contributed by atoms with van der Waals surface area (Å²) in [5.41, 5.74) is -0.0588. The van der Waals surface area contributed by atoms with Crippen molar-refractivity contribution < 1.29 is 22.3 Å². The highest BCUT2D eigenvalue weighted by molar-refractivity contribution is 7.90. The summed E-state index contributed by atoms with van der Waals surface area (Å²) < 4.78 is 44.9. The van der Waals surface area contributed by atoms with E-state index in [0.717, 1.165) is 12.1 Å². The molecule has 2 aromatic rings. The van der Waals surface area contributed by atoms with Gasteiger partial charge in [-0.3, -0.25) is 4.79 Å². The normalized spacial score (nSPS) is 12.8. The van der Waals surface area contributed by atoms with Crippen LogP contribution in [0.4, 0.5) is 4.39 Å². The molecule has 1 aromatic carbocycles. The molecule has 0 aliphatic carbocycles. The molecule has 1 amide bonds. The van der Waals surface area contributed by atoms with Crippen LogP contribution in [-0.4, -0.2) is 25.9 Å². The second-order valence-electron chi connectivity index (χ2n) is 4.53. The van der Waals surface area contributed by atoms with Gasteiger partial charge in [0, 0.05) is 12.0 Å². The van der Waals surface area contributed by atoms with Crippen molar-refractivity contribution in [1.29, 1.82) is 0 Å². The van der Waals surface area contributed by atoms with E-state index in [4.69, 9.17) is 4.74 Å². The Balaban J connectivity index is 2.18. The fraction of sp³-hybridized carbons (Fsp3) is 0.286. The Bertz CT molecular complexity index is 805. The second kappa shape index (κ2) is 7.16. The number of nitrogens with zero attached hydrogens (tertiary/aromatic N) is 1. The minimum Gasteiger partial charge on any atom is -0.372 e. The Morgan fingerprint density at radius 1 is 1.43 bits per heavy atom. The zero-order chi connectivity index (χ0) is 17.0. The Morgan fingerprint density at radius 3 is 2.78 bits per heavy atom. The minimum atomic E-state index is -4.30. The molecule has 0 unspecified atom stereocenters. The number of rotatable bonds is 6. The van der Waals surface area contributed by atoms with Crippen molar-refractivity contribution in [3.05, 3.63) is 46.2 Å². The molecule has 0 fully saturated rings. The van der Waals surface area contributed by atoms with Crippen LogP contribution < -0.4 is 4.72 Å². The van der Waals surface area contributed by atoms with Crippen molar-refractivity contribution in [3.8, 4) is 0 Å². The lowest BCUT2D eigenvalue weighted by atomic mass is 10.4.